The van der Waals surface area contributed by atoms with Gasteiger partial charge < -0.3 is 4.84 Å². The molecule has 0 aliphatic carbocycles. The molecule has 0 radical (unpaired) electrons. The van der Waals surface area contributed by atoms with Crippen LogP contribution in [0.4, 0.5) is 13.2 Å². The first-order valence-corrected chi connectivity index (χ1v) is 5.12. The van der Waals surface area contributed by atoms with Gasteiger partial charge >= 0.3 is 6.18 Å². The van der Waals surface area contributed by atoms with Crippen molar-refractivity contribution in [3.05, 3.63) is 35.9 Å². The predicted molar refractivity (Wildman–Crippen MR) is 64.1 cm³/mol. The van der Waals surface area contributed by atoms with Crippen molar-refractivity contribution in [2.45, 2.75) is 26.9 Å². The first-order chi connectivity index (χ1) is 7.93. The van der Waals surface area contributed by atoms with Crippen molar-refractivity contribution in [1.29, 1.82) is 0 Å². The molecule has 17 heavy (non-hydrogen) atoms. The van der Waals surface area contributed by atoms with Gasteiger partial charge in [-0.05, 0) is 5.56 Å². The van der Waals surface area contributed by atoms with E-state index >= 15 is 0 Å². The molecule has 0 amide bonds. The van der Waals surface area contributed by atoms with Crippen molar-refractivity contribution < 1.29 is 18.0 Å². The summed E-state index contributed by atoms with van der Waals surface area (Å²) < 4.78 is 31.1. The van der Waals surface area contributed by atoms with Crippen LogP contribution in [0.1, 0.15) is 26.3 Å². The third kappa shape index (κ3) is 20.5. The molecule has 2 nitrogen and oxygen atoms in total. The molecule has 0 aliphatic heterocycles. The molecule has 1 rings (SSSR count). The fraction of sp³-hybridized carbons (Fsp3) is 0.417. The summed E-state index contributed by atoms with van der Waals surface area (Å²) in [5.74, 6) is 0. The highest BCUT2D eigenvalue weighted by Gasteiger charge is 2.15. The summed E-state index contributed by atoms with van der Waals surface area (Å²) in [5, 5.41) is 3.62. The smallest absolute Gasteiger partial charge is 0.386 e. The molecule has 1 aromatic rings. The minimum absolute atomic E-state index is 0.188. The van der Waals surface area contributed by atoms with Crippen LogP contribution in [0.15, 0.2) is 35.5 Å². The van der Waals surface area contributed by atoms with Crippen LogP contribution >= 0.6 is 0 Å². The molecule has 0 N–H and O–H groups in total. The number of alkyl halides is 3. The topological polar surface area (TPSA) is 21.6 Å². The summed E-state index contributed by atoms with van der Waals surface area (Å²) in [4.78, 5) is 4.52. The minimum Gasteiger partial charge on any atom is -0.399 e. The first kappa shape index (κ1) is 17.9. The maximum Gasteiger partial charge on any atom is 0.386 e. The van der Waals surface area contributed by atoms with Gasteiger partial charge in [-0.25, -0.2) is 0 Å². The average Bonchev–Trinajstić information content (AvgIpc) is 2.28. The lowest BCUT2D eigenvalue weighted by molar-refractivity contribution is -0.110. The fourth-order valence-corrected chi connectivity index (χ4v) is 0.653. The third-order valence-corrected chi connectivity index (χ3v) is 1.11. The normalized spacial score (nSPS) is 9.82. The number of hydrogen-bond donors (Lipinski definition) is 0. The lowest BCUT2D eigenvalue weighted by Gasteiger charge is -1.88. The molecule has 0 bridgehead atoms. The highest BCUT2D eigenvalue weighted by atomic mass is 19.4. The van der Waals surface area contributed by atoms with E-state index in [1.807, 2.05) is 44.2 Å². The lowest BCUT2D eigenvalue weighted by atomic mass is 10.2. The van der Waals surface area contributed by atoms with Crippen LogP contribution in [-0.4, -0.2) is 19.5 Å². The molecule has 98 valence electrons. The number of halogens is 3. The zero-order valence-electron chi connectivity index (χ0n) is 10.5. The molecule has 0 saturated carbocycles. The van der Waals surface area contributed by atoms with Gasteiger partial charge in [-0.1, -0.05) is 49.3 Å². The van der Waals surface area contributed by atoms with Crippen LogP contribution in [0, 0.1) is 0 Å². The Kier molecular flexibility index (Phi) is 11.5. The quantitative estimate of drug-likeness (QED) is 0.566. The van der Waals surface area contributed by atoms with Crippen LogP contribution in [0.2, 0.25) is 0 Å². The number of hydrogen-bond acceptors (Lipinski definition) is 2. The predicted octanol–water partition coefficient (Wildman–Crippen LogP) is 4.26. The largest absolute Gasteiger partial charge is 0.399 e. The zero-order chi connectivity index (χ0) is 13.7. The molecule has 0 fully saturated rings. The number of oxime groups is 1. The summed E-state index contributed by atoms with van der Waals surface area (Å²) in [6.45, 7) is 4.19. The number of rotatable bonds is 2. The van der Waals surface area contributed by atoms with E-state index in [1.54, 1.807) is 6.21 Å². The van der Waals surface area contributed by atoms with Crippen molar-refractivity contribution in [2.24, 2.45) is 5.16 Å². The number of benzene rings is 1. The van der Waals surface area contributed by atoms with Gasteiger partial charge in [0.15, 0.2) is 0 Å². The average molecular weight is 249 g/mol. The molecule has 0 spiro atoms. The monoisotopic (exact) mass is 249 g/mol. The van der Waals surface area contributed by atoms with Crippen molar-refractivity contribution in [3.8, 4) is 0 Å². The van der Waals surface area contributed by atoms with Crippen LogP contribution in [0.5, 0.6) is 0 Å². The molecule has 5 heteroatoms. The Morgan fingerprint density at radius 2 is 1.53 bits per heavy atom. The highest BCUT2D eigenvalue weighted by molar-refractivity contribution is 5.78. The Bertz CT molecular complexity index is 278. The van der Waals surface area contributed by atoms with Crippen LogP contribution in [-0.2, 0) is 4.84 Å². The second kappa shape index (κ2) is 11.0. The summed E-state index contributed by atoms with van der Waals surface area (Å²) in [6.07, 6.45) is -2.33. The lowest BCUT2D eigenvalue weighted by Crippen LogP contribution is -1.95. The van der Waals surface area contributed by atoms with Crippen molar-refractivity contribution in [1.82, 2.24) is 0 Å². The zero-order valence-corrected chi connectivity index (χ0v) is 10.5. The Morgan fingerprint density at radius 1 is 1.12 bits per heavy atom. The summed E-state index contributed by atoms with van der Waals surface area (Å²) in [6, 6.07) is 9.79. The maximum absolute atomic E-state index is 10.4. The summed E-state index contributed by atoms with van der Waals surface area (Å²) >= 11 is 0. The molecule has 0 aliphatic rings. The van der Waals surface area contributed by atoms with E-state index in [4.69, 9.17) is 0 Å². The van der Waals surface area contributed by atoms with Crippen LogP contribution in [0.25, 0.3) is 0 Å². The fourth-order valence-electron chi connectivity index (χ4n) is 0.653. The molecule has 0 saturated heterocycles. The van der Waals surface area contributed by atoms with E-state index in [2.05, 4.69) is 9.99 Å². The van der Waals surface area contributed by atoms with Gasteiger partial charge in [0.1, 0.15) is 7.11 Å². The van der Waals surface area contributed by atoms with Gasteiger partial charge in [-0.3, -0.25) is 0 Å². The van der Waals surface area contributed by atoms with Crippen LogP contribution in [0.3, 0.4) is 0 Å². The Hall–Kier alpha value is -1.52. The van der Waals surface area contributed by atoms with Gasteiger partial charge in [0, 0.05) is 6.92 Å². The van der Waals surface area contributed by atoms with E-state index in [-0.39, 0.29) is 6.92 Å². The molecule has 0 unspecified atom stereocenters. The molecular weight excluding hydrogens is 231 g/mol. The van der Waals surface area contributed by atoms with Gasteiger partial charge in [0.2, 0.25) is 0 Å². The van der Waals surface area contributed by atoms with Crippen LogP contribution < -0.4 is 0 Å². The first-order valence-electron chi connectivity index (χ1n) is 5.12. The Morgan fingerprint density at radius 3 is 1.88 bits per heavy atom. The van der Waals surface area contributed by atoms with E-state index in [9.17, 15) is 13.2 Å². The second-order valence-corrected chi connectivity index (χ2v) is 2.61. The van der Waals surface area contributed by atoms with Crippen molar-refractivity contribution in [3.63, 3.8) is 0 Å². The van der Waals surface area contributed by atoms with E-state index < -0.39 is 6.18 Å². The van der Waals surface area contributed by atoms with Crippen molar-refractivity contribution in [2.75, 3.05) is 7.11 Å². The van der Waals surface area contributed by atoms with Gasteiger partial charge in [0.25, 0.3) is 0 Å². The van der Waals surface area contributed by atoms with Gasteiger partial charge in [-0.15, -0.1) is 0 Å². The van der Waals surface area contributed by atoms with E-state index in [1.165, 1.54) is 7.11 Å². The Labute approximate surface area is 100 Å². The molecule has 0 atom stereocenters. The van der Waals surface area contributed by atoms with Gasteiger partial charge in [0.05, 0.1) is 6.21 Å². The van der Waals surface area contributed by atoms with Crippen molar-refractivity contribution >= 4 is 6.21 Å². The molecular formula is C12H18F3NO. The maximum atomic E-state index is 10.4. The minimum atomic E-state index is -4.00. The molecule has 0 heterocycles. The Balaban J connectivity index is 0. The highest BCUT2D eigenvalue weighted by Crippen LogP contribution is 2.10. The molecule has 0 aromatic heterocycles. The summed E-state index contributed by atoms with van der Waals surface area (Å²) in [5.41, 5.74) is 1.05. The SMILES string of the molecule is CC.CC(F)(F)F.CO/N=C\c1ccccc1. The van der Waals surface area contributed by atoms with E-state index in [0.29, 0.717) is 0 Å². The van der Waals surface area contributed by atoms with Gasteiger partial charge in [-0.2, -0.15) is 13.2 Å². The molecule has 1 aromatic carbocycles. The van der Waals surface area contributed by atoms with E-state index in [0.717, 1.165) is 5.56 Å². The third-order valence-electron chi connectivity index (χ3n) is 1.11. The summed E-state index contributed by atoms with van der Waals surface area (Å²) in [7, 11) is 1.53. The second-order valence-electron chi connectivity index (χ2n) is 2.61. The number of nitrogens with zero attached hydrogens (tertiary/aromatic N) is 1. The standard InChI is InChI=1S/C8H9NO.C2H3F3.C2H6/c1-10-9-7-8-5-3-2-4-6-8;1-2(3,4)5;1-2/h2-7H,1H3;1H3;1-2H3/b9-7-;;.